The van der Waals surface area contributed by atoms with E-state index in [0.29, 0.717) is 18.1 Å². The van der Waals surface area contributed by atoms with Crippen molar-refractivity contribution in [3.05, 3.63) is 76.8 Å². The molecule has 0 amide bonds. The second kappa shape index (κ2) is 11.4. The molecule has 1 saturated heterocycles. The Morgan fingerprint density at radius 2 is 1.62 bits per heavy atom. The highest BCUT2D eigenvalue weighted by atomic mass is 79.9. The summed E-state index contributed by atoms with van der Waals surface area (Å²) >= 11 is 3.46. The number of aliphatic carboxylic acids is 2. The average molecular weight is 462 g/mol. The zero-order chi connectivity index (χ0) is 21.2. The molecule has 2 N–H and O–H groups in total. The zero-order valence-corrected chi connectivity index (χ0v) is 17.7. The SMILES string of the molecule is CN1CC[C@H](Oc2ccc(Br)cc2)[C@@H](c2ccccc2)C1.O=C(O)/C=C/C(=O)O. The molecule has 1 heterocycles. The van der Waals surface area contributed by atoms with E-state index in [0.717, 1.165) is 29.7 Å². The summed E-state index contributed by atoms with van der Waals surface area (Å²) in [5.41, 5.74) is 1.37. The van der Waals surface area contributed by atoms with Gasteiger partial charge in [-0.1, -0.05) is 46.3 Å². The van der Waals surface area contributed by atoms with Gasteiger partial charge in [0.1, 0.15) is 11.9 Å². The van der Waals surface area contributed by atoms with Crippen molar-refractivity contribution in [2.75, 3.05) is 20.1 Å². The fourth-order valence-corrected chi connectivity index (χ4v) is 3.35. The molecule has 6 nitrogen and oxygen atoms in total. The standard InChI is InChI=1S/C18H20BrNO.C4H4O4/c1-20-12-11-18(21-16-9-7-15(19)8-10-16)17(13-20)14-5-3-2-4-6-14;5-3(6)1-2-4(7)8/h2-10,17-18H,11-13H2,1H3;1-2H,(H,5,6)(H,7,8)/b;2-1+/t17-,18+;/m1./s1. The highest BCUT2D eigenvalue weighted by molar-refractivity contribution is 9.10. The first-order chi connectivity index (χ1) is 13.8. The number of hydrogen-bond donors (Lipinski definition) is 2. The molecule has 0 saturated carbocycles. The Hall–Kier alpha value is -2.64. The molecule has 29 heavy (non-hydrogen) atoms. The van der Waals surface area contributed by atoms with Crippen LogP contribution in [0.3, 0.4) is 0 Å². The van der Waals surface area contributed by atoms with E-state index in [4.69, 9.17) is 14.9 Å². The van der Waals surface area contributed by atoms with Gasteiger partial charge in [0, 0.05) is 35.6 Å². The number of likely N-dealkylation sites (N-methyl/N-ethyl adjacent to an activating group) is 1. The van der Waals surface area contributed by atoms with E-state index in [1.807, 2.05) is 24.3 Å². The molecule has 1 aliphatic rings. The van der Waals surface area contributed by atoms with Gasteiger partial charge in [-0.3, -0.25) is 0 Å². The van der Waals surface area contributed by atoms with Crippen molar-refractivity contribution in [2.45, 2.75) is 18.4 Å². The predicted octanol–water partition coefficient (Wildman–Crippen LogP) is 4.03. The first-order valence-electron chi connectivity index (χ1n) is 9.15. The van der Waals surface area contributed by atoms with E-state index in [1.54, 1.807) is 0 Å². The second-order valence-electron chi connectivity index (χ2n) is 6.69. The third kappa shape index (κ3) is 8.09. The van der Waals surface area contributed by atoms with Crippen molar-refractivity contribution in [1.29, 1.82) is 0 Å². The summed E-state index contributed by atoms with van der Waals surface area (Å²) in [6, 6.07) is 18.8. The van der Waals surface area contributed by atoms with Crippen LogP contribution in [0.5, 0.6) is 5.75 Å². The molecule has 7 heteroatoms. The molecule has 1 aliphatic heterocycles. The number of carboxylic acid groups (broad SMARTS) is 2. The van der Waals surface area contributed by atoms with Crippen LogP contribution in [0, 0.1) is 0 Å². The minimum Gasteiger partial charge on any atom is -0.490 e. The molecule has 0 spiro atoms. The molecule has 0 unspecified atom stereocenters. The monoisotopic (exact) mass is 461 g/mol. The van der Waals surface area contributed by atoms with E-state index < -0.39 is 11.9 Å². The van der Waals surface area contributed by atoms with Crippen LogP contribution in [0.4, 0.5) is 0 Å². The van der Waals surface area contributed by atoms with Gasteiger partial charge in [-0.2, -0.15) is 0 Å². The van der Waals surface area contributed by atoms with Gasteiger partial charge >= 0.3 is 11.9 Å². The van der Waals surface area contributed by atoms with Gasteiger partial charge in [-0.15, -0.1) is 0 Å². The summed E-state index contributed by atoms with van der Waals surface area (Å²) < 4.78 is 7.36. The summed E-state index contributed by atoms with van der Waals surface area (Å²) in [7, 11) is 2.19. The van der Waals surface area contributed by atoms with E-state index in [1.165, 1.54) is 5.56 Å². The lowest BCUT2D eigenvalue weighted by Gasteiger charge is -2.37. The minimum absolute atomic E-state index is 0.241. The Balaban J connectivity index is 0.000000321. The van der Waals surface area contributed by atoms with Gasteiger partial charge < -0.3 is 19.8 Å². The molecule has 1 fully saturated rings. The van der Waals surface area contributed by atoms with Crippen molar-refractivity contribution >= 4 is 27.9 Å². The number of hydrogen-bond acceptors (Lipinski definition) is 4. The molecule has 0 radical (unpaired) electrons. The molecular formula is C22H24BrNO5. The van der Waals surface area contributed by atoms with E-state index >= 15 is 0 Å². The highest BCUT2D eigenvalue weighted by Gasteiger charge is 2.30. The summed E-state index contributed by atoms with van der Waals surface area (Å²) in [5.74, 6) is -1.14. The van der Waals surface area contributed by atoms with Gasteiger partial charge in [0.25, 0.3) is 0 Å². The molecule has 0 bridgehead atoms. The molecule has 0 aliphatic carbocycles. The first kappa shape index (κ1) is 22.6. The lowest BCUT2D eigenvalue weighted by atomic mass is 9.88. The molecular weight excluding hydrogens is 438 g/mol. The largest absolute Gasteiger partial charge is 0.490 e. The maximum absolute atomic E-state index is 9.55. The fraction of sp³-hybridized carbons (Fsp3) is 0.273. The fourth-order valence-electron chi connectivity index (χ4n) is 3.09. The van der Waals surface area contributed by atoms with Crippen LogP contribution in [-0.2, 0) is 9.59 Å². The molecule has 0 aromatic heterocycles. The third-order valence-electron chi connectivity index (χ3n) is 4.45. The Morgan fingerprint density at radius 3 is 2.17 bits per heavy atom. The number of carboxylic acids is 2. The Kier molecular flexibility index (Phi) is 8.89. The van der Waals surface area contributed by atoms with E-state index in [2.05, 4.69) is 58.2 Å². The Bertz CT molecular complexity index is 807. The summed E-state index contributed by atoms with van der Waals surface area (Å²) in [4.78, 5) is 21.5. The topological polar surface area (TPSA) is 87.1 Å². The quantitative estimate of drug-likeness (QED) is 0.653. The van der Waals surface area contributed by atoms with E-state index in [-0.39, 0.29) is 6.10 Å². The van der Waals surface area contributed by atoms with Crippen molar-refractivity contribution in [2.24, 2.45) is 0 Å². The molecule has 2 aromatic rings. The van der Waals surface area contributed by atoms with Crippen LogP contribution in [0.1, 0.15) is 17.9 Å². The van der Waals surface area contributed by atoms with Crippen molar-refractivity contribution < 1.29 is 24.5 Å². The maximum Gasteiger partial charge on any atom is 0.328 e. The number of benzene rings is 2. The lowest BCUT2D eigenvalue weighted by molar-refractivity contribution is -0.134. The third-order valence-corrected chi connectivity index (χ3v) is 4.98. The summed E-state index contributed by atoms with van der Waals surface area (Å²) in [5, 5.41) is 15.6. The van der Waals surface area contributed by atoms with Crippen molar-refractivity contribution in [3.8, 4) is 5.75 Å². The van der Waals surface area contributed by atoms with Gasteiger partial charge in [0.2, 0.25) is 0 Å². The maximum atomic E-state index is 9.55. The minimum atomic E-state index is -1.26. The number of likely N-dealkylation sites (tertiary alicyclic amines) is 1. The highest BCUT2D eigenvalue weighted by Crippen LogP contribution is 2.30. The van der Waals surface area contributed by atoms with Crippen LogP contribution >= 0.6 is 15.9 Å². The van der Waals surface area contributed by atoms with Crippen LogP contribution < -0.4 is 4.74 Å². The van der Waals surface area contributed by atoms with Gasteiger partial charge in [-0.25, -0.2) is 9.59 Å². The van der Waals surface area contributed by atoms with E-state index in [9.17, 15) is 9.59 Å². The number of halogens is 1. The van der Waals surface area contributed by atoms with Crippen molar-refractivity contribution in [3.63, 3.8) is 0 Å². The normalized spacial score (nSPS) is 19.2. The summed E-state index contributed by atoms with van der Waals surface area (Å²) in [6.07, 6.45) is 2.42. The zero-order valence-electron chi connectivity index (χ0n) is 16.1. The lowest BCUT2D eigenvalue weighted by Crippen LogP contribution is -2.42. The summed E-state index contributed by atoms with van der Waals surface area (Å²) in [6.45, 7) is 2.13. The van der Waals surface area contributed by atoms with Crippen molar-refractivity contribution in [1.82, 2.24) is 4.90 Å². The molecule has 2 aromatic carbocycles. The number of piperidine rings is 1. The number of nitrogens with zero attached hydrogens (tertiary/aromatic N) is 1. The first-order valence-corrected chi connectivity index (χ1v) is 9.94. The average Bonchev–Trinajstić information content (AvgIpc) is 2.70. The van der Waals surface area contributed by atoms with Crippen LogP contribution in [0.25, 0.3) is 0 Å². The number of rotatable bonds is 5. The van der Waals surface area contributed by atoms with Crippen LogP contribution in [0.15, 0.2) is 71.2 Å². The van der Waals surface area contributed by atoms with Gasteiger partial charge in [0.15, 0.2) is 0 Å². The van der Waals surface area contributed by atoms with Gasteiger partial charge in [-0.05, 0) is 43.3 Å². The predicted molar refractivity (Wildman–Crippen MR) is 114 cm³/mol. The Labute approximate surface area is 178 Å². The van der Waals surface area contributed by atoms with Gasteiger partial charge in [0.05, 0.1) is 0 Å². The van der Waals surface area contributed by atoms with Crippen LogP contribution in [0.2, 0.25) is 0 Å². The molecule has 154 valence electrons. The Morgan fingerprint density at radius 1 is 1.03 bits per heavy atom. The molecule has 2 atom stereocenters. The second-order valence-corrected chi connectivity index (χ2v) is 7.60. The van der Waals surface area contributed by atoms with Crippen LogP contribution in [-0.4, -0.2) is 53.3 Å². The number of carbonyl (C=O) groups is 2. The number of ether oxygens (including phenoxy) is 1. The smallest absolute Gasteiger partial charge is 0.328 e. The molecule has 3 rings (SSSR count).